The monoisotopic (exact) mass is 248 g/mol. The zero-order chi connectivity index (χ0) is 13.3. The average Bonchev–Trinajstić information content (AvgIpc) is 2.34. The zero-order valence-electron chi connectivity index (χ0n) is 10.4. The summed E-state index contributed by atoms with van der Waals surface area (Å²) in [6.07, 6.45) is 0. The lowest BCUT2D eigenvalue weighted by molar-refractivity contribution is -0.135. The highest BCUT2D eigenvalue weighted by Crippen LogP contribution is 2.24. The van der Waals surface area contributed by atoms with Crippen molar-refractivity contribution in [1.82, 2.24) is 10.3 Å². The molecule has 96 valence electrons. The highest BCUT2D eigenvalue weighted by molar-refractivity contribution is 6.06. The number of hydrogen-bond acceptors (Lipinski definition) is 5. The van der Waals surface area contributed by atoms with Crippen molar-refractivity contribution in [2.75, 3.05) is 11.4 Å². The molecule has 0 bridgehead atoms. The molecule has 0 aromatic carbocycles. The third-order valence-corrected chi connectivity index (χ3v) is 3.06. The van der Waals surface area contributed by atoms with Gasteiger partial charge in [-0.1, -0.05) is 6.07 Å². The molecular formula is C12H16N4O2. The smallest absolute Gasteiger partial charge is 0.251 e. The quantitative estimate of drug-likeness (QED) is 0.706. The van der Waals surface area contributed by atoms with Crippen LogP contribution in [-0.2, 0) is 16.1 Å². The van der Waals surface area contributed by atoms with Gasteiger partial charge in [-0.25, -0.2) is 4.98 Å². The number of carbonyl (C=O) groups is 2. The Bertz CT molecular complexity index is 499. The minimum Gasteiger partial charge on any atom is -0.333 e. The second kappa shape index (κ2) is 4.38. The summed E-state index contributed by atoms with van der Waals surface area (Å²) < 4.78 is 0. The van der Waals surface area contributed by atoms with Crippen LogP contribution in [0.4, 0.5) is 5.82 Å². The van der Waals surface area contributed by atoms with Gasteiger partial charge in [0.1, 0.15) is 11.4 Å². The number of aromatic nitrogens is 1. The van der Waals surface area contributed by atoms with E-state index >= 15 is 0 Å². The first-order chi connectivity index (χ1) is 8.45. The Hall–Kier alpha value is -1.95. The van der Waals surface area contributed by atoms with Gasteiger partial charge in [0.25, 0.3) is 5.91 Å². The topological polar surface area (TPSA) is 88.3 Å². The van der Waals surface area contributed by atoms with E-state index in [9.17, 15) is 9.59 Å². The fourth-order valence-electron chi connectivity index (χ4n) is 1.88. The molecule has 2 amide bonds. The fraction of sp³-hybridized carbons (Fsp3) is 0.417. The number of imide groups is 1. The van der Waals surface area contributed by atoms with E-state index in [4.69, 9.17) is 5.73 Å². The average molecular weight is 248 g/mol. The van der Waals surface area contributed by atoms with Gasteiger partial charge in [0.2, 0.25) is 5.91 Å². The van der Waals surface area contributed by atoms with Crippen molar-refractivity contribution in [3.63, 3.8) is 0 Å². The number of hydrogen-bond donors (Lipinski definition) is 2. The predicted molar refractivity (Wildman–Crippen MR) is 66.7 cm³/mol. The van der Waals surface area contributed by atoms with Gasteiger partial charge in [0.05, 0.1) is 12.2 Å². The van der Waals surface area contributed by atoms with E-state index in [1.807, 2.05) is 12.1 Å². The van der Waals surface area contributed by atoms with Crippen LogP contribution in [0.3, 0.4) is 0 Å². The molecule has 1 aromatic heterocycles. The Morgan fingerprint density at radius 1 is 1.44 bits per heavy atom. The zero-order valence-corrected chi connectivity index (χ0v) is 10.4. The number of rotatable bonds is 2. The van der Waals surface area contributed by atoms with Crippen molar-refractivity contribution >= 4 is 17.6 Å². The second-order valence-corrected chi connectivity index (χ2v) is 4.71. The Balaban J connectivity index is 2.40. The van der Waals surface area contributed by atoms with Gasteiger partial charge >= 0.3 is 0 Å². The molecule has 2 heterocycles. The molecule has 0 unspecified atom stereocenters. The van der Waals surface area contributed by atoms with E-state index in [1.54, 1.807) is 24.8 Å². The van der Waals surface area contributed by atoms with E-state index in [-0.39, 0.29) is 18.4 Å². The molecule has 1 aliphatic heterocycles. The van der Waals surface area contributed by atoms with Crippen LogP contribution in [0.1, 0.15) is 19.5 Å². The molecule has 1 aromatic rings. The third kappa shape index (κ3) is 2.06. The summed E-state index contributed by atoms with van der Waals surface area (Å²) >= 11 is 0. The van der Waals surface area contributed by atoms with Crippen molar-refractivity contribution in [3.8, 4) is 0 Å². The third-order valence-electron chi connectivity index (χ3n) is 3.06. The molecule has 18 heavy (non-hydrogen) atoms. The molecule has 1 fully saturated rings. The van der Waals surface area contributed by atoms with Crippen LogP contribution in [0.2, 0.25) is 0 Å². The molecule has 0 aliphatic carbocycles. The molecule has 0 atom stereocenters. The molecule has 2 rings (SSSR count). The van der Waals surface area contributed by atoms with Crippen LogP contribution in [0.15, 0.2) is 18.2 Å². The first-order valence-corrected chi connectivity index (χ1v) is 5.73. The number of carbonyl (C=O) groups excluding carboxylic acids is 2. The number of amides is 2. The molecule has 0 saturated carbocycles. The van der Waals surface area contributed by atoms with E-state index in [1.165, 1.54) is 0 Å². The summed E-state index contributed by atoms with van der Waals surface area (Å²) in [5, 5.41) is 2.33. The molecule has 0 radical (unpaired) electrons. The molecule has 3 N–H and O–H groups in total. The standard InChI is InChI=1S/C12H16N4O2/c1-12(2)11(18)15-10(17)7-16(12)9-5-3-4-8(6-13)14-9/h3-5H,6-7,13H2,1-2H3,(H,15,17,18). The maximum atomic E-state index is 11.8. The van der Waals surface area contributed by atoms with Crippen LogP contribution < -0.4 is 16.0 Å². The van der Waals surface area contributed by atoms with Crippen molar-refractivity contribution in [2.45, 2.75) is 25.9 Å². The Labute approximate surface area is 105 Å². The van der Waals surface area contributed by atoms with E-state index in [2.05, 4.69) is 10.3 Å². The molecule has 0 spiro atoms. The lowest BCUT2D eigenvalue weighted by Gasteiger charge is -2.41. The fourth-order valence-corrected chi connectivity index (χ4v) is 1.88. The maximum Gasteiger partial charge on any atom is 0.251 e. The highest BCUT2D eigenvalue weighted by Gasteiger charge is 2.41. The van der Waals surface area contributed by atoms with Gasteiger partial charge in [0.15, 0.2) is 0 Å². The lowest BCUT2D eigenvalue weighted by atomic mass is 9.98. The Morgan fingerprint density at radius 3 is 2.83 bits per heavy atom. The summed E-state index contributed by atoms with van der Waals surface area (Å²) in [5.74, 6) is -0.0517. The highest BCUT2D eigenvalue weighted by atomic mass is 16.2. The van der Waals surface area contributed by atoms with Crippen molar-refractivity contribution < 1.29 is 9.59 Å². The number of pyridine rings is 1. The van der Waals surface area contributed by atoms with Gasteiger partial charge in [-0.3, -0.25) is 14.9 Å². The predicted octanol–water partition coefficient (Wildman–Crippen LogP) is -0.218. The summed E-state index contributed by atoms with van der Waals surface area (Å²) in [6.45, 7) is 3.94. The van der Waals surface area contributed by atoms with Gasteiger partial charge in [-0.05, 0) is 26.0 Å². The molecule has 1 aliphatic rings. The van der Waals surface area contributed by atoms with Crippen LogP contribution in [-0.4, -0.2) is 28.9 Å². The molecule has 1 saturated heterocycles. The van der Waals surface area contributed by atoms with Crippen LogP contribution in [0.25, 0.3) is 0 Å². The summed E-state index contributed by atoms with van der Waals surface area (Å²) in [4.78, 5) is 29.3. The van der Waals surface area contributed by atoms with E-state index < -0.39 is 5.54 Å². The number of nitrogens with zero attached hydrogens (tertiary/aromatic N) is 2. The number of nitrogens with one attached hydrogen (secondary N) is 1. The summed E-state index contributed by atoms with van der Waals surface area (Å²) in [5.41, 5.74) is 5.46. The van der Waals surface area contributed by atoms with Crippen molar-refractivity contribution in [2.24, 2.45) is 5.73 Å². The molecular weight excluding hydrogens is 232 g/mol. The first kappa shape index (κ1) is 12.5. The van der Waals surface area contributed by atoms with Gasteiger partial charge in [0, 0.05) is 6.54 Å². The maximum absolute atomic E-state index is 11.8. The second-order valence-electron chi connectivity index (χ2n) is 4.71. The SMILES string of the molecule is CC1(C)C(=O)NC(=O)CN1c1cccc(CN)n1. The Morgan fingerprint density at radius 2 is 2.17 bits per heavy atom. The van der Waals surface area contributed by atoms with Crippen LogP contribution in [0, 0.1) is 0 Å². The molecule has 6 nitrogen and oxygen atoms in total. The lowest BCUT2D eigenvalue weighted by Crippen LogP contribution is -2.64. The first-order valence-electron chi connectivity index (χ1n) is 5.73. The van der Waals surface area contributed by atoms with E-state index in [0.29, 0.717) is 12.4 Å². The van der Waals surface area contributed by atoms with Crippen LogP contribution >= 0.6 is 0 Å². The number of nitrogens with two attached hydrogens (primary N) is 1. The number of piperazine rings is 1. The van der Waals surface area contributed by atoms with Gasteiger partial charge < -0.3 is 10.6 Å². The molecule has 6 heteroatoms. The normalized spacial score (nSPS) is 18.7. The summed E-state index contributed by atoms with van der Waals surface area (Å²) in [7, 11) is 0. The Kier molecular flexibility index (Phi) is 3.04. The minimum atomic E-state index is -0.811. The minimum absolute atomic E-state index is 0.111. The van der Waals surface area contributed by atoms with Crippen molar-refractivity contribution in [1.29, 1.82) is 0 Å². The number of anilines is 1. The van der Waals surface area contributed by atoms with E-state index in [0.717, 1.165) is 5.69 Å². The van der Waals surface area contributed by atoms with Gasteiger partial charge in [-0.15, -0.1) is 0 Å². The van der Waals surface area contributed by atoms with Gasteiger partial charge in [-0.2, -0.15) is 0 Å². The van der Waals surface area contributed by atoms with Crippen LogP contribution in [0.5, 0.6) is 0 Å². The largest absolute Gasteiger partial charge is 0.333 e. The summed E-state index contributed by atoms with van der Waals surface area (Å²) in [6, 6.07) is 5.40. The van der Waals surface area contributed by atoms with Crippen molar-refractivity contribution in [3.05, 3.63) is 23.9 Å².